The van der Waals surface area contributed by atoms with Crippen molar-refractivity contribution in [3.05, 3.63) is 111 Å². The lowest BCUT2D eigenvalue weighted by Gasteiger charge is -2.42. The molecule has 1 atom stereocenters. The van der Waals surface area contributed by atoms with E-state index in [1.54, 1.807) is 36.4 Å². The van der Waals surface area contributed by atoms with Gasteiger partial charge < -0.3 is 5.73 Å². The number of carbonyl (C=O) groups is 1. The quantitative estimate of drug-likeness (QED) is 0.535. The van der Waals surface area contributed by atoms with Gasteiger partial charge in [0.1, 0.15) is 11.6 Å². The van der Waals surface area contributed by atoms with Gasteiger partial charge in [-0.25, -0.2) is 17.2 Å². The molecule has 0 saturated carbocycles. The number of hydrogen-bond donors (Lipinski definition) is 1. The number of halogens is 3. The van der Waals surface area contributed by atoms with E-state index in [4.69, 9.17) is 17.3 Å². The molecule has 2 N–H and O–H groups in total. The molecule has 3 aromatic rings. The van der Waals surface area contributed by atoms with Crippen LogP contribution in [0.5, 0.6) is 0 Å². The second-order valence-corrected chi connectivity index (χ2v) is 10.6. The van der Waals surface area contributed by atoms with E-state index >= 15 is 0 Å². The van der Waals surface area contributed by atoms with Crippen LogP contribution in [-0.2, 0) is 9.84 Å². The normalized spacial score (nSPS) is 15.0. The standard InChI is InChI=1S/C25H21ClF2N2O3S/c1-34(32,33)24(18-10-21(27)12-22(28)11-18)19-13-30(14-19)23(16-6-8-20(26)9-7-16)15-2-4-17(5-3-15)25(29)31/h2-12,23H,13-14H2,1H3,(H2,29,31)/t23-/m1/s1. The van der Waals surface area contributed by atoms with Gasteiger partial charge in [0.15, 0.2) is 9.84 Å². The van der Waals surface area contributed by atoms with E-state index in [1.807, 2.05) is 17.0 Å². The molecule has 3 aromatic carbocycles. The van der Waals surface area contributed by atoms with E-state index in [2.05, 4.69) is 0 Å². The Morgan fingerprint density at radius 3 is 1.88 bits per heavy atom. The van der Waals surface area contributed by atoms with Crippen LogP contribution in [0.4, 0.5) is 8.78 Å². The zero-order valence-electron chi connectivity index (χ0n) is 18.1. The van der Waals surface area contributed by atoms with Gasteiger partial charge in [0.25, 0.3) is 0 Å². The maximum absolute atomic E-state index is 13.8. The summed E-state index contributed by atoms with van der Waals surface area (Å²) in [5.41, 5.74) is 8.04. The highest BCUT2D eigenvalue weighted by molar-refractivity contribution is 8.00. The van der Waals surface area contributed by atoms with E-state index in [-0.39, 0.29) is 29.6 Å². The minimum atomic E-state index is -3.76. The number of nitrogens with zero attached hydrogens (tertiary/aromatic N) is 1. The van der Waals surface area contributed by atoms with Crippen LogP contribution in [0.1, 0.15) is 33.1 Å². The van der Waals surface area contributed by atoms with Crippen molar-refractivity contribution in [2.45, 2.75) is 6.04 Å². The molecule has 5 nitrogen and oxygen atoms in total. The molecule has 0 bridgehead atoms. The largest absolute Gasteiger partial charge is 0.366 e. The summed E-state index contributed by atoms with van der Waals surface area (Å²) < 4.78 is 52.8. The lowest BCUT2D eigenvalue weighted by atomic mass is 9.91. The molecule has 1 saturated heterocycles. The molecule has 0 radical (unpaired) electrons. The van der Waals surface area contributed by atoms with Crippen LogP contribution in [0.25, 0.3) is 4.91 Å². The third-order valence-electron chi connectivity index (χ3n) is 5.67. The van der Waals surface area contributed by atoms with Gasteiger partial charge in [-0.1, -0.05) is 35.9 Å². The Kier molecular flexibility index (Phi) is 6.58. The van der Waals surface area contributed by atoms with E-state index in [9.17, 15) is 22.0 Å². The zero-order chi connectivity index (χ0) is 24.6. The van der Waals surface area contributed by atoms with Crippen molar-refractivity contribution in [3.63, 3.8) is 0 Å². The number of benzene rings is 3. The number of rotatable bonds is 6. The third kappa shape index (κ3) is 5.04. The maximum atomic E-state index is 13.8. The second-order valence-electron chi connectivity index (χ2n) is 8.21. The van der Waals surface area contributed by atoms with Crippen LogP contribution in [0.2, 0.25) is 5.02 Å². The number of sulfone groups is 1. The molecule has 0 unspecified atom stereocenters. The first kappa shape index (κ1) is 24.1. The van der Waals surface area contributed by atoms with Gasteiger partial charge >= 0.3 is 0 Å². The minimum absolute atomic E-state index is 0.0106. The lowest BCUT2D eigenvalue weighted by Crippen LogP contribution is -2.44. The summed E-state index contributed by atoms with van der Waals surface area (Å²) in [7, 11) is -3.76. The summed E-state index contributed by atoms with van der Waals surface area (Å²) in [5.74, 6) is -2.23. The highest BCUT2D eigenvalue weighted by Crippen LogP contribution is 2.38. The van der Waals surface area contributed by atoms with Crippen LogP contribution >= 0.6 is 11.6 Å². The van der Waals surface area contributed by atoms with E-state index in [0.29, 0.717) is 22.2 Å². The molecule has 1 aliphatic heterocycles. The summed E-state index contributed by atoms with van der Waals surface area (Å²) in [5, 5.41) is 0.572. The fraction of sp³-hybridized carbons (Fsp3) is 0.160. The van der Waals surface area contributed by atoms with Gasteiger partial charge in [-0.15, -0.1) is 0 Å². The summed E-state index contributed by atoms with van der Waals surface area (Å²) >= 11 is 6.05. The molecule has 0 aromatic heterocycles. The maximum Gasteiger partial charge on any atom is 0.248 e. The molecule has 176 valence electrons. The van der Waals surface area contributed by atoms with Gasteiger partial charge in [0.05, 0.1) is 10.9 Å². The molecular weight excluding hydrogens is 482 g/mol. The first-order chi connectivity index (χ1) is 16.0. The van der Waals surface area contributed by atoms with Crippen molar-refractivity contribution in [3.8, 4) is 0 Å². The van der Waals surface area contributed by atoms with Gasteiger partial charge in [-0.2, -0.15) is 0 Å². The van der Waals surface area contributed by atoms with Crippen molar-refractivity contribution in [1.29, 1.82) is 0 Å². The Morgan fingerprint density at radius 1 is 0.912 bits per heavy atom. The predicted molar refractivity (Wildman–Crippen MR) is 128 cm³/mol. The summed E-state index contributed by atoms with van der Waals surface area (Å²) in [4.78, 5) is 13.4. The fourth-order valence-electron chi connectivity index (χ4n) is 4.22. The van der Waals surface area contributed by atoms with Crippen molar-refractivity contribution in [2.75, 3.05) is 19.3 Å². The molecule has 1 heterocycles. The topological polar surface area (TPSA) is 80.5 Å². The first-order valence-corrected chi connectivity index (χ1v) is 12.6. The number of likely N-dealkylation sites (tertiary alicyclic amines) is 1. The second kappa shape index (κ2) is 9.29. The average Bonchev–Trinajstić information content (AvgIpc) is 2.72. The summed E-state index contributed by atoms with van der Waals surface area (Å²) in [6, 6.07) is 16.6. The highest BCUT2D eigenvalue weighted by atomic mass is 35.5. The molecular formula is C25H21ClF2N2O3S. The Hall–Kier alpha value is -3.07. The Labute approximate surface area is 201 Å². The Bertz CT molecular complexity index is 1360. The SMILES string of the molecule is CS(=O)(=O)C(=C1CN([C@@H](c2ccc(Cl)cc2)c2ccc(C(N)=O)cc2)C1)c1cc(F)cc(F)c1. The monoisotopic (exact) mass is 502 g/mol. The van der Waals surface area contributed by atoms with Gasteiger partial charge in [0.2, 0.25) is 5.91 Å². The van der Waals surface area contributed by atoms with E-state index < -0.39 is 27.4 Å². The van der Waals surface area contributed by atoms with Crippen LogP contribution in [0.15, 0.2) is 72.3 Å². The Balaban J connectivity index is 1.74. The summed E-state index contributed by atoms with van der Waals surface area (Å²) in [6.45, 7) is 0.538. The Morgan fingerprint density at radius 2 is 1.41 bits per heavy atom. The van der Waals surface area contributed by atoms with Gasteiger partial charge in [-0.05, 0) is 58.7 Å². The molecule has 1 aliphatic rings. The van der Waals surface area contributed by atoms with Crippen LogP contribution < -0.4 is 5.73 Å². The van der Waals surface area contributed by atoms with Gasteiger partial charge in [-0.3, -0.25) is 9.69 Å². The van der Waals surface area contributed by atoms with E-state index in [1.165, 1.54) is 0 Å². The highest BCUT2D eigenvalue weighted by Gasteiger charge is 2.35. The molecule has 4 rings (SSSR count). The van der Waals surface area contributed by atoms with Crippen molar-refractivity contribution < 1.29 is 22.0 Å². The van der Waals surface area contributed by atoms with Crippen molar-refractivity contribution >= 4 is 32.3 Å². The van der Waals surface area contributed by atoms with Crippen molar-refractivity contribution in [2.24, 2.45) is 5.73 Å². The van der Waals surface area contributed by atoms with Gasteiger partial charge in [0, 0.05) is 36.0 Å². The molecule has 1 amide bonds. The molecule has 0 spiro atoms. The molecule has 1 fully saturated rings. The first-order valence-electron chi connectivity index (χ1n) is 10.3. The number of nitrogens with two attached hydrogens (primary N) is 1. The van der Waals surface area contributed by atoms with Crippen LogP contribution in [0, 0.1) is 11.6 Å². The number of amides is 1. The average molecular weight is 503 g/mol. The van der Waals surface area contributed by atoms with Crippen LogP contribution in [-0.4, -0.2) is 38.6 Å². The number of carbonyl (C=O) groups excluding carboxylic acids is 1. The fourth-order valence-corrected chi connectivity index (χ4v) is 5.55. The third-order valence-corrected chi connectivity index (χ3v) is 7.18. The summed E-state index contributed by atoms with van der Waals surface area (Å²) in [6.07, 6.45) is 1.03. The smallest absolute Gasteiger partial charge is 0.248 e. The number of primary amides is 1. The zero-order valence-corrected chi connectivity index (χ0v) is 19.7. The van der Waals surface area contributed by atoms with E-state index in [0.717, 1.165) is 29.5 Å². The predicted octanol–water partition coefficient (Wildman–Crippen LogP) is 4.58. The molecule has 9 heteroatoms. The van der Waals surface area contributed by atoms with Crippen LogP contribution in [0.3, 0.4) is 0 Å². The van der Waals surface area contributed by atoms with Crippen molar-refractivity contribution in [1.82, 2.24) is 4.90 Å². The number of hydrogen-bond acceptors (Lipinski definition) is 4. The minimum Gasteiger partial charge on any atom is -0.366 e. The lowest BCUT2D eigenvalue weighted by molar-refractivity contribution is 0.1000. The molecule has 34 heavy (non-hydrogen) atoms. The molecule has 0 aliphatic carbocycles.